The lowest BCUT2D eigenvalue weighted by atomic mass is 10.0. The fraction of sp³-hybridized carbons (Fsp3) is 0.421. The lowest BCUT2D eigenvalue weighted by molar-refractivity contribution is -0.384. The summed E-state index contributed by atoms with van der Waals surface area (Å²) in [6.07, 6.45) is 0.188. The maximum Gasteiger partial charge on any atom is 0.350 e. The second kappa shape index (κ2) is 10.6. The summed E-state index contributed by atoms with van der Waals surface area (Å²) in [5.74, 6) is -1.23. The van der Waals surface area contributed by atoms with E-state index in [1.54, 1.807) is 13.8 Å². The highest BCUT2D eigenvalue weighted by Gasteiger charge is 2.28. The lowest BCUT2D eigenvalue weighted by Gasteiger charge is -2.19. The molecular weight excluding hydrogens is 460 g/mol. The molecule has 11 nitrogen and oxygen atoms in total. The molecule has 0 spiro atoms. The number of aromatic nitrogens is 1. The first kappa shape index (κ1) is 25.4. The van der Waals surface area contributed by atoms with Crippen molar-refractivity contribution in [2.24, 2.45) is 5.92 Å². The molecule has 0 fully saturated rings. The number of carbonyl (C=O) groups is 2. The third-order valence-electron chi connectivity index (χ3n) is 4.17. The zero-order chi connectivity index (χ0) is 24.1. The van der Waals surface area contributed by atoms with Crippen LogP contribution < -0.4 is 10.0 Å². The molecule has 1 aromatic heterocycles. The minimum atomic E-state index is -4.13. The zero-order valence-electron chi connectivity index (χ0n) is 17.9. The van der Waals surface area contributed by atoms with Gasteiger partial charge in [-0.3, -0.25) is 14.9 Å². The van der Waals surface area contributed by atoms with Crippen molar-refractivity contribution >= 4 is 44.1 Å². The van der Waals surface area contributed by atoms with Crippen molar-refractivity contribution in [1.82, 2.24) is 9.71 Å². The molecule has 174 valence electrons. The van der Waals surface area contributed by atoms with Gasteiger partial charge in [-0.15, -0.1) is 0 Å². The Kier molecular flexibility index (Phi) is 8.41. The van der Waals surface area contributed by atoms with Gasteiger partial charge < -0.3 is 10.1 Å². The Morgan fingerprint density at radius 2 is 1.88 bits per heavy atom. The molecule has 0 radical (unpaired) electrons. The number of anilines is 1. The standard InChI is InChI=1S/C19H24N4O7S2/c1-5-30-18(25)16-12(4)20-19(31-16)21-17(24)15(10-11(2)3)22-32(28,29)14-8-6-13(7-9-14)23(26)27/h6-9,11,15,22H,5,10H2,1-4H3,(H,20,21,24). The summed E-state index contributed by atoms with van der Waals surface area (Å²) in [6.45, 7) is 7.12. The number of hydrogen-bond donors (Lipinski definition) is 2. The number of ether oxygens (including phenoxy) is 1. The topological polar surface area (TPSA) is 158 Å². The van der Waals surface area contributed by atoms with E-state index in [0.717, 1.165) is 35.6 Å². The van der Waals surface area contributed by atoms with E-state index in [0.29, 0.717) is 5.69 Å². The Morgan fingerprint density at radius 3 is 2.41 bits per heavy atom. The van der Waals surface area contributed by atoms with Crippen LogP contribution in [0, 0.1) is 23.0 Å². The Balaban J connectivity index is 2.22. The number of aryl methyl sites for hydroxylation is 1. The van der Waals surface area contributed by atoms with Crippen LogP contribution in [0.4, 0.5) is 10.8 Å². The molecule has 0 aliphatic rings. The largest absolute Gasteiger partial charge is 0.462 e. The molecule has 1 atom stereocenters. The Labute approximate surface area is 189 Å². The summed E-state index contributed by atoms with van der Waals surface area (Å²) in [6, 6.07) is 3.20. The van der Waals surface area contributed by atoms with Crippen LogP contribution in [0.3, 0.4) is 0 Å². The molecular formula is C19H24N4O7S2. The third-order valence-corrected chi connectivity index (χ3v) is 6.71. The van der Waals surface area contributed by atoms with E-state index in [9.17, 15) is 28.1 Å². The molecule has 1 unspecified atom stereocenters. The molecule has 1 amide bonds. The first-order valence-electron chi connectivity index (χ1n) is 9.66. The summed E-state index contributed by atoms with van der Waals surface area (Å²) >= 11 is 0.932. The number of nitrogens with one attached hydrogen (secondary N) is 2. The molecule has 0 aliphatic heterocycles. The minimum absolute atomic E-state index is 0.0292. The second-order valence-corrected chi connectivity index (χ2v) is 9.91. The van der Waals surface area contributed by atoms with Crippen LogP contribution in [0.2, 0.25) is 0 Å². The van der Waals surface area contributed by atoms with E-state index in [-0.39, 0.29) is 39.5 Å². The van der Waals surface area contributed by atoms with Gasteiger partial charge in [-0.25, -0.2) is 18.2 Å². The van der Waals surface area contributed by atoms with Crippen molar-refractivity contribution in [3.8, 4) is 0 Å². The van der Waals surface area contributed by atoms with Crippen molar-refractivity contribution in [3.05, 3.63) is 45.0 Å². The molecule has 2 N–H and O–H groups in total. The van der Waals surface area contributed by atoms with Gasteiger partial charge in [-0.2, -0.15) is 4.72 Å². The SMILES string of the molecule is CCOC(=O)c1sc(NC(=O)C(CC(C)C)NS(=O)(=O)c2ccc([N+](=O)[O-])cc2)nc1C. The van der Waals surface area contributed by atoms with Gasteiger partial charge in [0.1, 0.15) is 10.9 Å². The summed E-state index contributed by atoms with van der Waals surface area (Å²) < 4.78 is 32.8. The number of esters is 1. The van der Waals surface area contributed by atoms with Gasteiger partial charge >= 0.3 is 5.97 Å². The summed E-state index contributed by atoms with van der Waals surface area (Å²) in [5.41, 5.74) is 0.132. The Morgan fingerprint density at radius 1 is 1.25 bits per heavy atom. The maximum atomic E-state index is 12.8. The van der Waals surface area contributed by atoms with Gasteiger partial charge in [0.25, 0.3) is 5.69 Å². The minimum Gasteiger partial charge on any atom is -0.462 e. The Hall–Kier alpha value is -2.90. The predicted molar refractivity (Wildman–Crippen MR) is 118 cm³/mol. The molecule has 0 saturated carbocycles. The lowest BCUT2D eigenvalue weighted by Crippen LogP contribution is -2.44. The monoisotopic (exact) mass is 484 g/mol. The van der Waals surface area contributed by atoms with Crippen molar-refractivity contribution < 1.29 is 27.7 Å². The number of amides is 1. The van der Waals surface area contributed by atoms with Gasteiger partial charge in [-0.1, -0.05) is 25.2 Å². The van der Waals surface area contributed by atoms with Crippen molar-refractivity contribution in [1.29, 1.82) is 0 Å². The van der Waals surface area contributed by atoms with E-state index in [4.69, 9.17) is 4.74 Å². The quantitative estimate of drug-likeness (QED) is 0.296. The van der Waals surface area contributed by atoms with E-state index in [2.05, 4.69) is 15.0 Å². The van der Waals surface area contributed by atoms with Crippen LogP contribution in [-0.4, -0.2) is 42.9 Å². The average Bonchev–Trinajstić information content (AvgIpc) is 3.07. The highest BCUT2D eigenvalue weighted by atomic mass is 32.2. The number of carbonyl (C=O) groups excluding carboxylic acids is 2. The number of nitro groups is 1. The smallest absolute Gasteiger partial charge is 0.350 e. The van der Waals surface area contributed by atoms with Gasteiger partial charge in [0.05, 0.1) is 22.1 Å². The maximum absolute atomic E-state index is 12.8. The first-order valence-corrected chi connectivity index (χ1v) is 12.0. The summed E-state index contributed by atoms with van der Waals surface area (Å²) in [5, 5.41) is 13.5. The van der Waals surface area contributed by atoms with Crippen LogP contribution in [0.1, 0.15) is 42.6 Å². The predicted octanol–water partition coefficient (Wildman–Crippen LogP) is 2.87. The van der Waals surface area contributed by atoms with E-state index >= 15 is 0 Å². The van der Waals surface area contributed by atoms with Crippen molar-refractivity contribution in [2.75, 3.05) is 11.9 Å². The van der Waals surface area contributed by atoms with Crippen molar-refractivity contribution in [3.63, 3.8) is 0 Å². The Bertz CT molecular complexity index is 1100. The normalized spacial score (nSPS) is 12.4. The van der Waals surface area contributed by atoms with Gasteiger partial charge in [0.15, 0.2) is 5.13 Å². The van der Waals surface area contributed by atoms with Gasteiger partial charge in [-0.05, 0) is 38.3 Å². The molecule has 1 aromatic carbocycles. The summed E-state index contributed by atoms with van der Waals surface area (Å²) in [7, 11) is -4.13. The van der Waals surface area contributed by atoms with Crippen LogP contribution in [-0.2, 0) is 19.6 Å². The van der Waals surface area contributed by atoms with E-state index < -0.39 is 32.9 Å². The molecule has 0 aliphatic carbocycles. The number of rotatable bonds is 10. The molecule has 2 aromatic rings. The highest BCUT2D eigenvalue weighted by molar-refractivity contribution is 7.89. The molecule has 1 heterocycles. The van der Waals surface area contributed by atoms with Crippen molar-refractivity contribution in [2.45, 2.75) is 45.1 Å². The number of sulfonamides is 1. The number of nitrogens with zero attached hydrogens (tertiary/aromatic N) is 2. The number of hydrogen-bond acceptors (Lipinski definition) is 9. The van der Waals surface area contributed by atoms with E-state index in [1.807, 2.05) is 13.8 Å². The third kappa shape index (κ3) is 6.55. The van der Waals surface area contributed by atoms with Gasteiger partial charge in [0, 0.05) is 12.1 Å². The molecule has 13 heteroatoms. The molecule has 0 bridgehead atoms. The van der Waals surface area contributed by atoms with E-state index in [1.165, 1.54) is 0 Å². The van der Waals surface area contributed by atoms with Crippen LogP contribution in [0.15, 0.2) is 29.2 Å². The highest BCUT2D eigenvalue weighted by Crippen LogP contribution is 2.24. The molecule has 2 rings (SSSR count). The van der Waals surface area contributed by atoms with Crippen LogP contribution in [0.5, 0.6) is 0 Å². The van der Waals surface area contributed by atoms with Crippen LogP contribution in [0.25, 0.3) is 0 Å². The fourth-order valence-corrected chi connectivity index (χ4v) is 4.78. The second-order valence-electron chi connectivity index (χ2n) is 7.20. The fourth-order valence-electron chi connectivity index (χ4n) is 2.71. The number of benzene rings is 1. The summed E-state index contributed by atoms with van der Waals surface area (Å²) in [4.78, 5) is 39.1. The molecule has 0 saturated heterocycles. The van der Waals surface area contributed by atoms with Crippen LogP contribution >= 0.6 is 11.3 Å². The average molecular weight is 485 g/mol. The zero-order valence-corrected chi connectivity index (χ0v) is 19.6. The number of thiazole rings is 1. The first-order chi connectivity index (χ1) is 14.9. The number of nitro benzene ring substituents is 1. The number of non-ortho nitro benzene ring substituents is 1. The van der Waals surface area contributed by atoms with Gasteiger partial charge in [0.2, 0.25) is 15.9 Å². The molecule has 32 heavy (non-hydrogen) atoms.